The number of benzene rings is 1. The van der Waals surface area contributed by atoms with Crippen LogP contribution in [0, 0.1) is 5.92 Å². The van der Waals surface area contributed by atoms with Crippen molar-refractivity contribution in [3.8, 4) is 11.4 Å². The fraction of sp³-hybridized carbons (Fsp3) is 0.375. The second-order valence-corrected chi connectivity index (χ2v) is 5.50. The summed E-state index contributed by atoms with van der Waals surface area (Å²) in [6, 6.07) is 9.23. The Morgan fingerprint density at radius 2 is 2.00 bits per heavy atom. The largest absolute Gasteiger partial charge is 0.504 e. The zero-order valence-electron chi connectivity index (χ0n) is 12.7. The minimum absolute atomic E-state index is 0.0251. The first-order chi connectivity index (χ1) is 10.5. The maximum atomic E-state index is 12.0. The maximum Gasteiger partial charge on any atom is 0.275 e. The highest BCUT2D eigenvalue weighted by molar-refractivity contribution is 5.94. The zero-order valence-corrected chi connectivity index (χ0v) is 12.7. The molecule has 1 heterocycles. The fourth-order valence-electron chi connectivity index (χ4n) is 1.99. The summed E-state index contributed by atoms with van der Waals surface area (Å²) in [4.78, 5) is 12.0. The first kappa shape index (κ1) is 16.0. The summed E-state index contributed by atoms with van der Waals surface area (Å²) >= 11 is 0. The van der Waals surface area contributed by atoms with Crippen molar-refractivity contribution in [3.05, 3.63) is 42.2 Å². The number of carbonyl (C=O) groups is 1. The van der Waals surface area contributed by atoms with E-state index in [2.05, 4.69) is 10.4 Å². The highest BCUT2D eigenvalue weighted by Crippen LogP contribution is 2.17. The molecule has 6 heteroatoms. The van der Waals surface area contributed by atoms with Crippen molar-refractivity contribution in [2.75, 3.05) is 6.54 Å². The summed E-state index contributed by atoms with van der Waals surface area (Å²) in [6.07, 6.45) is 1.40. The number of hydrogen-bond donors (Lipinski definition) is 3. The molecule has 2 rings (SSSR count). The van der Waals surface area contributed by atoms with Gasteiger partial charge >= 0.3 is 0 Å². The smallest absolute Gasteiger partial charge is 0.275 e. The molecule has 0 bridgehead atoms. The molecule has 3 N–H and O–H groups in total. The molecule has 0 aliphatic heterocycles. The first-order valence-corrected chi connectivity index (χ1v) is 7.29. The predicted octanol–water partition coefficient (Wildman–Crippen LogP) is 1.71. The third-order valence-corrected chi connectivity index (χ3v) is 3.43. The van der Waals surface area contributed by atoms with Crippen LogP contribution in [0.1, 0.15) is 30.8 Å². The Bertz CT molecular complexity index is 623. The van der Waals surface area contributed by atoms with Gasteiger partial charge in [-0.15, -0.1) is 0 Å². The van der Waals surface area contributed by atoms with E-state index >= 15 is 0 Å². The number of rotatable bonds is 6. The Kier molecular flexibility index (Phi) is 5.16. The number of para-hydroxylation sites is 1. The molecule has 118 valence electrons. The van der Waals surface area contributed by atoms with Crippen molar-refractivity contribution in [2.24, 2.45) is 5.92 Å². The lowest BCUT2D eigenvalue weighted by Crippen LogP contribution is -2.29. The van der Waals surface area contributed by atoms with E-state index < -0.39 is 12.0 Å². The van der Waals surface area contributed by atoms with Gasteiger partial charge in [0.1, 0.15) is 0 Å². The zero-order chi connectivity index (χ0) is 16.1. The highest BCUT2D eigenvalue weighted by atomic mass is 16.3. The minimum atomic E-state index is -0.462. The van der Waals surface area contributed by atoms with E-state index in [1.807, 2.05) is 44.2 Å². The third-order valence-electron chi connectivity index (χ3n) is 3.43. The molecule has 2 aromatic rings. The van der Waals surface area contributed by atoms with Crippen LogP contribution in [-0.4, -0.2) is 38.5 Å². The summed E-state index contributed by atoms with van der Waals surface area (Å²) in [5.41, 5.74) is 0.731. The van der Waals surface area contributed by atoms with E-state index in [1.165, 1.54) is 10.9 Å². The van der Waals surface area contributed by atoms with Gasteiger partial charge in [0, 0.05) is 6.54 Å². The molecular weight excluding hydrogens is 282 g/mol. The van der Waals surface area contributed by atoms with Crippen LogP contribution in [0.2, 0.25) is 0 Å². The van der Waals surface area contributed by atoms with Crippen molar-refractivity contribution < 1.29 is 15.0 Å². The van der Waals surface area contributed by atoms with Gasteiger partial charge in [-0.3, -0.25) is 4.79 Å². The van der Waals surface area contributed by atoms with Gasteiger partial charge < -0.3 is 15.5 Å². The third kappa shape index (κ3) is 3.85. The van der Waals surface area contributed by atoms with Crippen molar-refractivity contribution >= 4 is 5.91 Å². The summed E-state index contributed by atoms with van der Waals surface area (Å²) in [7, 11) is 0. The molecule has 0 aliphatic carbocycles. The van der Waals surface area contributed by atoms with Crippen molar-refractivity contribution in [1.82, 2.24) is 15.1 Å². The summed E-state index contributed by atoms with van der Waals surface area (Å²) in [6.45, 7) is 4.16. The Labute approximate surface area is 129 Å². The number of aliphatic hydroxyl groups is 1. The average Bonchev–Trinajstić information content (AvgIpc) is 2.90. The first-order valence-electron chi connectivity index (χ1n) is 7.29. The molecule has 0 fully saturated rings. The monoisotopic (exact) mass is 303 g/mol. The second kappa shape index (κ2) is 7.09. The van der Waals surface area contributed by atoms with Crippen LogP contribution in [0.5, 0.6) is 5.75 Å². The lowest BCUT2D eigenvalue weighted by Gasteiger charge is -2.14. The molecule has 22 heavy (non-hydrogen) atoms. The van der Waals surface area contributed by atoms with Crippen LogP contribution in [-0.2, 0) is 0 Å². The Morgan fingerprint density at radius 1 is 1.32 bits per heavy atom. The van der Waals surface area contributed by atoms with Crippen molar-refractivity contribution in [1.29, 1.82) is 0 Å². The normalized spacial score (nSPS) is 12.4. The van der Waals surface area contributed by atoms with Gasteiger partial charge in [0.05, 0.1) is 18.0 Å². The van der Waals surface area contributed by atoms with Crippen molar-refractivity contribution in [2.45, 2.75) is 26.4 Å². The van der Waals surface area contributed by atoms with Crippen LogP contribution in [0.25, 0.3) is 5.69 Å². The van der Waals surface area contributed by atoms with E-state index in [4.69, 9.17) is 0 Å². The number of nitrogens with zero attached hydrogens (tertiary/aromatic N) is 2. The number of aromatic nitrogens is 2. The summed E-state index contributed by atoms with van der Waals surface area (Å²) < 4.78 is 1.45. The molecule has 0 saturated carbocycles. The molecule has 1 unspecified atom stereocenters. The van der Waals surface area contributed by atoms with Gasteiger partial charge in [-0.2, -0.15) is 5.10 Å². The molecular formula is C16H21N3O3. The molecule has 1 atom stereocenters. The molecule has 1 aromatic heterocycles. The van der Waals surface area contributed by atoms with Crippen LogP contribution >= 0.6 is 0 Å². The van der Waals surface area contributed by atoms with Gasteiger partial charge in [-0.1, -0.05) is 32.0 Å². The van der Waals surface area contributed by atoms with Crippen LogP contribution in [0.3, 0.4) is 0 Å². The molecule has 0 radical (unpaired) electrons. The SMILES string of the molecule is CC(C)C(O)CCNC(=O)c1nn(-c2ccccc2)cc1O. The lowest BCUT2D eigenvalue weighted by molar-refractivity contribution is 0.0913. The van der Waals surface area contributed by atoms with E-state index in [1.54, 1.807) is 0 Å². The van der Waals surface area contributed by atoms with Crippen molar-refractivity contribution in [3.63, 3.8) is 0 Å². The molecule has 0 aliphatic rings. The average molecular weight is 303 g/mol. The number of amides is 1. The lowest BCUT2D eigenvalue weighted by atomic mass is 10.0. The van der Waals surface area contributed by atoms with Crippen LogP contribution < -0.4 is 5.32 Å². The predicted molar refractivity (Wildman–Crippen MR) is 83.0 cm³/mol. The number of hydrogen-bond acceptors (Lipinski definition) is 4. The number of carbonyl (C=O) groups excluding carboxylic acids is 1. The maximum absolute atomic E-state index is 12.0. The highest BCUT2D eigenvalue weighted by Gasteiger charge is 2.17. The quantitative estimate of drug-likeness (QED) is 0.758. The van der Waals surface area contributed by atoms with Crippen LogP contribution in [0.15, 0.2) is 36.5 Å². The molecule has 6 nitrogen and oxygen atoms in total. The minimum Gasteiger partial charge on any atom is -0.504 e. The van der Waals surface area contributed by atoms with Gasteiger partial charge in [0.2, 0.25) is 0 Å². The number of aliphatic hydroxyl groups excluding tert-OH is 1. The topological polar surface area (TPSA) is 87.4 Å². The van der Waals surface area contributed by atoms with Gasteiger partial charge in [-0.05, 0) is 24.5 Å². The summed E-state index contributed by atoms with van der Waals surface area (Å²) in [5.74, 6) is -0.489. The molecule has 0 saturated heterocycles. The number of aromatic hydroxyl groups is 1. The van der Waals surface area contributed by atoms with Gasteiger partial charge in [0.25, 0.3) is 5.91 Å². The molecule has 1 amide bonds. The van der Waals surface area contributed by atoms with E-state index in [0.717, 1.165) is 5.69 Å². The van der Waals surface area contributed by atoms with Gasteiger partial charge in [-0.25, -0.2) is 4.68 Å². The van der Waals surface area contributed by atoms with E-state index in [-0.39, 0.29) is 17.4 Å². The molecule has 1 aromatic carbocycles. The standard InChI is InChI=1S/C16H21N3O3/c1-11(2)13(20)8-9-17-16(22)15-14(21)10-19(18-15)12-6-4-3-5-7-12/h3-7,10-11,13,20-21H,8-9H2,1-2H3,(H,17,22). The van der Waals surface area contributed by atoms with Crippen LogP contribution in [0.4, 0.5) is 0 Å². The number of nitrogens with one attached hydrogen (secondary N) is 1. The van der Waals surface area contributed by atoms with E-state index in [0.29, 0.717) is 13.0 Å². The second-order valence-electron chi connectivity index (χ2n) is 5.50. The van der Waals surface area contributed by atoms with Gasteiger partial charge in [0.15, 0.2) is 11.4 Å². The Morgan fingerprint density at radius 3 is 2.64 bits per heavy atom. The Balaban J connectivity index is 2.00. The Hall–Kier alpha value is -2.34. The molecule has 0 spiro atoms. The summed E-state index contributed by atoms with van der Waals surface area (Å²) in [5, 5.41) is 26.3. The fourth-order valence-corrected chi connectivity index (χ4v) is 1.99. The van der Waals surface area contributed by atoms with E-state index in [9.17, 15) is 15.0 Å².